The third-order valence-electron chi connectivity index (χ3n) is 5.40. The van der Waals surface area contributed by atoms with Gasteiger partial charge in [-0.1, -0.05) is 48.5 Å². The van der Waals surface area contributed by atoms with Gasteiger partial charge in [0, 0.05) is 24.5 Å². The van der Waals surface area contributed by atoms with Gasteiger partial charge in [-0.2, -0.15) is 35.0 Å². The van der Waals surface area contributed by atoms with Crippen molar-refractivity contribution in [1.29, 1.82) is 0 Å². The van der Waals surface area contributed by atoms with Crippen LogP contribution in [-0.2, 0) is 24.2 Å². The molecule has 0 unspecified atom stereocenters. The van der Waals surface area contributed by atoms with Crippen LogP contribution in [-0.4, -0.2) is 17.3 Å². The van der Waals surface area contributed by atoms with E-state index in [9.17, 15) is 0 Å². The van der Waals surface area contributed by atoms with Crippen molar-refractivity contribution >= 4 is 37.1 Å². The predicted molar refractivity (Wildman–Crippen MR) is 167 cm³/mol. The van der Waals surface area contributed by atoms with E-state index in [-0.39, 0.29) is 0 Å². The molecule has 0 aliphatic heterocycles. The van der Waals surface area contributed by atoms with E-state index in [0.29, 0.717) is 0 Å². The summed E-state index contributed by atoms with van der Waals surface area (Å²) in [5.41, 5.74) is 2.39. The van der Waals surface area contributed by atoms with Crippen LogP contribution in [0.4, 0.5) is 11.4 Å². The maximum atomic E-state index is 3.34. The number of hydrogen-bond donors (Lipinski definition) is 2. The molecule has 38 heavy (non-hydrogen) atoms. The summed E-state index contributed by atoms with van der Waals surface area (Å²) in [4.78, 5) is 0. The van der Waals surface area contributed by atoms with E-state index in [1.165, 1.54) is 57.2 Å². The summed E-state index contributed by atoms with van der Waals surface area (Å²) in [7, 11) is 0. The van der Waals surface area contributed by atoms with Crippen LogP contribution < -0.4 is 10.6 Å². The van der Waals surface area contributed by atoms with Crippen LogP contribution in [0.25, 0.3) is 21.5 Å². The molecule has 0 radical (unpaired) electrons. The summed E-state index contributed by atoms with van der Waals surface area (Å²) in [5, 5.41) is 11.7. The Morgan fingerprint density at radius 3 is 1.18 bits per heavy atom. The topological polar surface area (TPSA) is 24.1 Å². The number of fused-ring (bicyclic) bond motifs is 2. The Morgan fingerprint density at radius 1 is 0.500 bits per heavy atom. The zero-order chi connectivity index (χ0) is 27.3. The number of nitrogens with one attached hydrogen (secondary N) is 2. The van der Waals surface area contributed by atoms with Crippen molar-refractivity contribution < 1.29 is 24.2 Å². The minimum absolute atomic E-state index is 0.990. The third-order valence-corrected chi connectivity index (χ3v) is 5.40. The molecule has 0 saturated carbocycles. The van der Waals surface area contributed by atoms with Crippen molar-refractivity contribution in [2.45, 2.75) is 13.8 Å². The summed E-state index contributed by atoms with van der Waals surface area (Å²) in [5.74, 6) is 0. The van der Waals surface area contributed by atoms with E-state index in [4.69, 9.17) is 0 Å². The minimum Gasteiger partial charge on any atom is -0.168 e. The smallest absolute Gasteiger partial charge is 0.0809 e. The van der Waals surface area contributed by atoms with Crippen molar-refractivity contribution in [3.8, 4) is 0 Å². The average molecular weight is 578 g/mol. The van der Waals surface area contributed by atoms with Gasteiger partial charge in [-0.25, -0.2) is 0 Å². The third kappa shape index (κ3) is 11.7. The Balaban J connectivity index is 0.000000174. The number of anilines is 2. The minimum atomic E-state index is 0.990. The largest absolute Gasteiger partial charge is 0.168 e. The van der Waals surface area contributed by atoms with E-state index in [1.54, 1.807) is 0 Å². The Kier molecular flexibility index (Phi) is 15.8. The normalized spacial score (nSPS) is 9.26. The standard InChI is InChI=1S/2C9H7.2C8H11N.CH2.Zr/c2*1-2-5-9-7-3-6-8(9)4-1;2*1-2-9-8-6-4-3-5-7-8;;/h2*1-7H;2*3-7,9H,2H2,1H3;1H2;/q2*-1;;;;+2. The molecule has 6 aromatic rings. The molecule has 6 aromatic carbocycles. The molecule has 0 saturated heterocycles. The van der Waals surface area contributed by atoms with Crippen LogP contribution >= 0.6 is 0 Å². The van der Waals surface area contributed by atoms with Crippen LogP contribution in [0.2, 0.25) is 0 Å². The summed E-state index contributed by atoms with van der Waals surface area (Å²) < 4.78 is 3.34. The average Bonchev–Trinajstić information content (AvgIpc) is 3.67. The van der Waals surface area contributed by atoms with Crippen LogP contribution in [0.15, 0.2) is 146 Å². The molecule has 0 aliphatic rings. The molecule has 0 atom stereocenters. The van der Waals surface area contributed by atoms with E-state index in [2.05, 4.69) is 138 Å². The van der Waals surface area contributed by atoms with Gasteiger partial charge in [-0.3, -0.25) is 0 Å². The molecule has 0 aromatic heterocycles. The molecule has 0 aliphatic carbocycles. The zero-order valence-corrected chi connectivity index (χ0v) is 24.9. The van der Waals surface area contributed by atoms with Gasteiger partial charge in [0.25, 0.3) is 0 Å². The fourth-order valence-electron chi connectivity index (χ4n) is 3.66. The van der Waals surface area contributed by atoms with E-state index in [1.807, 2.05) is 36.4 Å². The van der Waals surface area contributed by atoms with E-state index >= 15 is 0 Å². The van der Waals surface area contributed by atoms with Crippen molar-refractivity contribution in [2.75, 3.05) is 23.7 Å². The zero-order valence-electron chi connectivity index (χ0n) is 22.5. The molecule has 6 rings (SSSR count). The second-order valence-electron chi connectivity index (χ2n) is 8.10. The fourth-order valence-corrected chi connectivity index (χ4v) is 3.66. The van der Waals surface area contributed by atoms with Gasteiger partial charge in [0.2, 0.25) is 0 Å². The van der Waals surface area contributed by atoms with Gasteiger partial charge in [0.15, 0.2) is 0 Å². The summed E-state index contributed by atoms with van der Waals surface area (Å²) >= 11 is 1.30. The molecule has 0 fully saturated rings. The molecule has 0 heterocycles. The summed E-state index contributed by atoms with van der Waals surface area (Å²) in [6, 6.07) is 49.7. The Bertz CT molecular complexity index is 1200. The molecular weight excluding hydrogens is 540 g/mol. The van der Waals surface area contributed by atoms with Gasteiger partial charge in [-0.05, 0) is 38.1 Å². The number of para-hydroxylation sites is 2. The molecule has 192 valence electrons. The SMILES string of the molecule is CCNc1ccccc1.CCNc1ccccc1.[CH2]=[Zr+2].c1ccc2[cH-]ccc2c1.c1ccc2[cH-]ccc2c1. The molecule has 0 bridgehead atoms. The van der Waals surface area contributed by atoms with Gasteiger partial charge >= 0.3 is 28.4 Å². The number of benzene rings is 4. The van der Waals surface area contributed by atoms with Gasteiger partial charge in [0.1, 0.15) is 0 Å². The van der Waals surface area contributed by atoms with E-state index < -0.39 is 0 Å². The second-order valence-corrected chi connectivity index (χ2v) is 8.10. The van der Waals surface area contributed by atoms with Crippen LogP contribution in [0, 0.1) is 0 Å². The Morgan fingerprint density at radius 2 is 0.842 bits per heavy atom. The maximum absolute atomic E-state index is 3.34. The molecule has 2 nitrogen and oxygen atoms in total. The number of hydrogen-bond acceptors (Lipinski definition) is 2. The summed E-state index contributed by atoms with van der Waals surface area (Å²) in [6.45, 7) is 6.16. The predicted octanol–water partition coefficient (Wildman–Crippen LogP) is 9.32. The molecule has 2 N–H and O–H groups in total. The van der Waals surface area contributed by atoms with Crippen LogP contribution in [0.5, 0.6) is 0 Å². The maximum Gasteiger partial charge on any atom is -0.0809 e. The first-order chi connectivity index (χ1) is 18.8. The molecule has 0 amide bonds. The molecular formula is C35H38N2Zr. The van der Waals surface area contributed by atoms with Crippen molar-refractivity contribution in [2.24, 2.45) is 0 Å². The Labute approximate surface area is 243 Å². The first-order valence-electron chi connectivity index (χ1n) is 12.9. The Hall–Kier alpha value is -3.55. The van der Waals surface area contributed by atoms with Gasteiger partial charge in [0.05, 0.1) is 0 Å². The molecule has 3 heteroatoms. The van der Waals surface area contributed by atoms with Crippen molar-refractivity contribution in [3.05, 3.63) is 146 Å². The monoisotopic (exact) mass is 576 g/mol. The quantitative estimate of drug-likeness (QED) is 0.204. The van der Waals surface area contributed by atoms with Crippen molar-refractivity contribution in [1.82, 2.24) is 0 Å². The van der Waals surface area contributed by atoms with Gasteiger partial charge < -0.3 is 10.6 Å². The second kappa shape index (κ2) is 19.5. The molecule has 0 spiro atoms. The van der Waals surface area contributed by atoms with Crippen molar-refractivity contribution in [3.63, 3.8) is 0 Å². The fraction of sp³-hybridized carbons (Fsp3) is 0.114. The number of rotatable bonds is 4. The summed E-state index contributed by atoms with van der Waals surface area (Å²) in [6.07, 6.45) is 0. The first kappa shape index (κ1) is 30.7. The van der Waals surface area contributed by atoms with Gasteiger partial charge in [-0.15, -0.1) is 59.3 Å². The van der Waals surface area contributed by atoms with E-state index in [0.717, 1.165) is 13.1 Å². The van der Waals surface area contributed by atoms with Crippen LogP contribution in [0.1, 0.15) is 13.8 Å². The first-order valence-corrected chi connectivity index (χ1v) is 14.7. The van der Waals surface area contributed by atoms with Crippen LogP contribution in [0.3, 0.4) is 0 Å².